The van der Waals surface area contributed by atoms with Crippen molar-refractivity contribution in [1.29, 1.82) is 0 Å². The van der Waals surface area contributed by atoms with Crippen LogP contribution in [-0.4, -0.2) is 29.9 Å². The van der Waals surface area contributed by atoms with E-state index in [1.54, 1.807) is 6.92 Å². The molecule has 1 aliphatic carbocycles. The van der Waals surface area contributed by atoms with Gasteiger partial charge in [0.15, 0.2) is 0 Å². The molecule has 0 radical (unpaired) electrons. The zero-order chi connectivity index (χ0) is 12.1. The Morgan fingerprint density at radius 3 is 2.50 bits per heavy atom. The molecule has 1 saturated carbocycles. The van der Waals surface area contributed by atoms with Crippen LogP contribution in [0.1, 0.15) is 32.6 Å². The van der Waals surface area contributed by atoms with Gasteiger partial charge in [0.05, 0.1) is 6.10 Å². The van der Waals surface area contributed by atoms with E-state index in [-0.39, 0.29) is 11.9 Å². The van der Waals surface area contributed by atoms with E-state index in [0.717, 1.165) is 0 Å². The lowest BCUT2D eigenvalue weighted by Gasteiger charge is -2.24. The van der Waals surface area contributed by atoms with Crippen LogP contribution in [-0.2, 0) is 14.3 Å². The quantitative estimate of drug-likeness (QED) is 0.715. The summed E-state index contributed by atoms with van der Waals surface area (Å²) in [7, 11) is 0. The van der Waals surface area contributed by atoms with E-state index in [4.69, 9.17) is 10.5 Å². The predicted octanol–water partition coefficient (Wildman–Crippen LogP) is 0.0981. The Morgan fingerprint density at radius 1 is 1.44 bits per heavy atom. The number of hydrogen-bond acceptors (Lipinski definition) is 4. The summed E-state index contributed by atoms with van der Waals surface area (Å²) in [6.07, 6.45) is 1.43. The average molecular weight is 228 g/mol. The van der Waals surface area contributed by atoms with Crippen molar-refractivity contribution in [2.24, 2.45) is 5.73 Å². The zero-order valence-electron chi connectivity index (χ0n) is 9.19. The van der Waals surface area contributed by atoms with Crippen molar-refractivity contribution in [3.8, 4) is 0 Å². The Hall–Kier alpha value is -1.43. The van der Waals surface area contributed by atoms with Crippen LogP contribution < -0.4 is 11.1 Å². The fourth-order valence-electron chi connectivity index (χ4n) is 1.62. The number of amides is 3. The van der Waals surface area contributed by atoms with Crippen molar-refractivity contribution in [1.82, 2.24) is 5.32 Å². The second kappa shape index (κ2) is 5.60. The summed E-state index contributed by atoms with van der Waals surface area (Å²) < 4.78 is 5.43. The number of urea groups is 1. The van der Waals surface area contributed by atoms with Gasteiger partial charge in [-0.15, -0.1) is 0 Å². The van der Waals surface area contributed by atoms with Crippen LogP contribution in [0.2, 0.25) is 0 Å². The summed E-state index contributed by atoms with van der Waals surface area (Å²) >= 11 is 0. The van der Waals surface area contributed by atoms with Crippen LogP contribution in [0, 0.1) is 0 Å². The van der Waals surface area contributed by atoms with Gasteiger partial charge in [-0.25, -0.2) is 4.79 Å². The Balaban J connectivity index is 2.33. The standard InChI is InChI=1S/C10H16N2O4/c1-6(9(14)12-10(11)15)16-8-4-2-7(13)3-5-8/h6,8H,2-5H2,1H3,(H3,11,12,14,15). The van der Waals surface area contributed by atoms with Crippen molar-refractivity contribution >= 4 is 17.7 Å². The van der Waals surface area contributed by atoms with Gasteiger partial charge in [0.1, 0.15) is 11.9 Å². The van der Waals surface area contributed by atoms with Gasteiger partial charge < -0.3 is 10.5 Å². The normalized spacial score (nSPS) is 19.2. The molecule has 1 aliphatic rings. The molecule has 3 N–H and O–H groups in total. The summed E-state index contributed by atoms with van der Waals surface area (Å²) in [6, 6.07) is -0.890. The Kier molecular flexibility index (Phi) is 4.42. The van der Waals surface area contributed by atoms with Crippen molar-refractivity contribution < 1.29 is 19.1 Å². The van der Waals surface area contributed by atoms with E-state index in [1.165, 1.54) is 0 Å². The monoisotopic (exact) mass is 228 g/mol. The number of ketones is 1. The van der Waals surface area contributed by atoms with E-state index in [2.05, 4.69) is 0 Å². The minimum atomic E-state index is -0.890. The first-order valence-corrected chi connectivity index (χ1v) is 5.26. The third-order valence-corrected chi connectivity index (χ3v) is 2.50. The molecule has 0 aromatic carbocycles. The summed E-state index contributed by atoms with van der Waals surface area (Å²) in [5, 5.41) is 1.95. The number of imide groups is 1. The maximum Gasteiger partial charge on any atom is 0.318 e. The van der Waals surface area contributed by atoms with E-state index >= 15 is 0 Å². The highest BCUT2D eigenvalue weighted by molar-refractivity contribution is 5.95. The van der Waals surface area contributed by atoms with Gasteiger partial charge in [-0.3, -0.25) is 14.9 Å². The van der Waals surface area contributed by atoms with E-state index in [9.17, 15) is 14.4 Å². The Bertz CT molecular complexity index is 293. The van der Waals surface area contributed by atoms with Gasteiger partial charge in [0.25, 0.3) is 5.91 Å². The topological polar surface area (TPSA) is 98.5 Å². The highest BCUT2D eigenvalue weighted by Crippen LogP contribution is 2.19. The molecule has 0 spiro atoms. The van der Waals surface area contributed by atoms with Crippen molar-refractivity contribution in [2.45, 2.75) is 44.8 Å². The second-order valence-electron chi connectivity index (χ2n) is 3.87. The lowest BCUT2D eigenvalue weighted by molar-refractivity contribution is -0.136. The highest BCUT2D eigenvalue weighted by Gasteiger charge is 2.24. The fourth-order valence-corrected chi connectivity index (χ4v) is 1.62. The van der Waals surface area contributed by atoms with Crippen LogP contribution in [0.15, 0.2) is 0 Å². The maximum atomic E-state index is 11.3. The van der Waals surface area contributed by atoms with Crippen LogP contribution in [0.4, 0.5) is 4.79 Å². The minimum Gasteiger partial charge on any atom is -0.365 e. The molecular formula is C10H16N2O4. The molecule has 0 aliphatic heterocycles. The fraction of sp³-hybridized carbons (Fsp3) is 0.700. The average Bonchev–Trinajstić information content (AvgIpc) is 2.20. The molecule has 1 fully saturated rings. The van der Waals surface area contributed by atoms with Gasteiger partial charge in [-0.05, 0) is 19.8 Å². The van der Waals surface area contributed by atoms with Crippen LogP contribution in [0.3, 0.4) is 0 Å². The third-order valence-electron chi connectivity index (χ3n) is 2.50. The van der Waals surface area contributed by atoms with Crippen molar-refractivity contribution in [3.05, 3.63) is 0 Å². The van der Waals surface area contributed by atoms with Gasteiger partial charge in [0, 0.05) is 12.8 Å². The molecule has 0 bridgehead atoms. The predicted molar refractivity (Wildman–Crippen MR) is 55.5 cm³/mol. The number of nitrogens with one attached hydrogen (secondary N) is 1. The van der Waals surface area contributed by atoms with E-state index < -0.39 is 18.0 Å². The first kappa shape index (κ1) is 12.6. The molecule has 16 heavy (non-hydrogen) atoms. The summed E-state index contributed by atoms with van der Waals surface area (Å²) in [4.78, 5) is 32.7. The van der Waals surface area contributed by atoms with Gasteiger partial charge in [-0.1, -0.05) is 0 Å². The Labute approximate surface area is 93.5 Å². The number of ether oxygens (including phenoxy) is 1. The molecule has 0 heterocycles. The van der Waals surface area contributed by atoms with Crippen molar-refractivity contribution in [2.75, 3.05) is 0 Å². The molecule has 90 valence electrons. The second-order valence-corrected chi connectivity index (χ2v) is 3.87. The molecule has 1 rings (SSSR count). The first-order valence-electron chi connectivity index (χ1n) is 5.26. The molecule has 0 aromatic heterocycles. The molecule has 1 unspecified atom stereocenters. The lowest BCUT2D eigenvalue weighted by Crippen LogP contribution is -2.43. The molecule has 0 aromatic rings. The number of carbonyl (C=O) groups excluding carboxylic acids is 3. The molecular weight excluding hydrogens is 212 g/mol. The molecule has 0 saturated heterocycles. The molecule has 3 amide bonds. The molecule has 1 atom stereocenters. The van der Waals surface area contributed by atoms with Gasteiger partial charge in [0.2, 0.25) is 0 Å². The van der Waals surface area contributed by atoms with Crippen molar-refractivity contribution in [3.63, 3.8) is 0 Å². The first-order chi connectivity index (χ1) is 7.49. The van der Waals surface area contributed by atoms with Crippen LogP contribution >= 0.6 is 0 Å². The van der Waals surface area contributed by atoms with Crippen LogP contribution in [0.25, 0.3) is 0 Å². The number of rotatable bonds is 3. The SMILES string of the molecule is CC(OC1CCC(=O)CC1)C(=O)NC(N)=O. The minimum absolute atomic E-state index is 0.0914. The smallest absolute Gasteiger partial charge is 0.318 e. The molecule has 6 nitrogen and oxygen atoms in total. The lowest BCUT2D eigenvalue weighted by atomic mass is 9.96. The maximum absolute atomic E-state index is 11.3. The van der Waals surface area contributed by atoms with E-state index in [0.29, 0.717) is 25.7 Å². The highest BCUT2D eigenvalue weighted by atomic mass is 16.5. The Morgan fingerprint density at radius 2 is 2.00 bits per heavy atom. The number of Topliss-reactive ketones (excluding diaryl/α,β-unsaturated/α-hetero) is 1. The number of nitrogens with two attached hydrogens (primary N) is 1. The molecule has 6 heteroatoms. The number of primary amides is 1. The number of hydrogen-bond donors (Lipinski definition) is 2. The van der Waals surface area contributed by atoms with E-state index in [1.807, 2.05) is 5.32 Å². The number of carbonyl (C=O) groups is 3. The van der Waals surface area contributed by atoms with Gasteiger partial charge in [-0.2, -0.15) is 0 Å². The summed E-state index contributed by atoms with van der Waals surface area (Å²) in [6.45, 7) is 1.55. The summed E-state index contributed by atoms with van der Waals surface area (Å²) in [5.74, 6) is -0.321. The zero-order valence-corrected chi connectivity index (χ0v) is 9.19. The van der Waals surface area contributed by atoms with Gasteiger partial charge >= 0.3 is 6.03 Å². The summed E-state index contributed by atoms with van der Waals surface area (Å²) in [5.41, 5.74) is 4.81. The third kappa shape index (κ3) is 3.98. The largest absolute Gasteiger partial charge is 0.365 e. The van der Waals surface area contributed by atoms with Crippen LogP contribution in [0.5, 0.6) is 0 Å².